The molecule has 1 aliphatic rings. The first kappa shape index (κ1) is 22.2. The van der Waals surface area contributed by atoms with Crippen LogP contribution in [0.15, 0.2) is 29.3 Å². The predicted molar refractivity (Wildman–Crippen MR) is 114 cm³/mol. The summed E-state index contributed by atoms with van der Waals surface area (Å²) < 4.78 is 13.3. The minimum Gasteiger partial charge on any atom is -0.357 e. The minimum atomic E-state index is -0.190. The Balaban J connectivity index is 0.00000312. The maximum absolute atomic E-state index is 13.3. The van der Waals surface area contributed by atoms with Gasteiger partial charge < -0.3 is 15.1 Å². The summed E-state index contributed by atoms with van der Waals surface area (Å²) in [4.78, 5) is 9.23. The van der Waals surface area contributed by atoms with Crippen LogP contribution in [0.2, 0.25) is 0 Å². The smallest absolute Gasteiger partial charge is 0.193 e. The molecule has 1 aromatic carbocycles. The van der Waals surface area contributed by atoms with E-state index in [9.17, 15) is 4.39 Å². The van der Waals surface area contributed by atoms with E-state index in [1.165, 1.54) is 32.0 Å². The Morgan fingerprint density at radius 1 is 1.36 bits per heavy atom. The third-order valence-corrected chi connectivity index (χ3v) is 4.64. The SMILES string of the molecule is CCNC(=NCCC1CCN(C)CC1)N(C)Cc1cccc(F)c1.I. The molecule has 0 amide bonds. The molecule has 4 nitrogen and oxygen atoms in total. The van der Waals surface area contributed by atoms with Crippen molar-refractivity contribution in [3.8, 4) is 0 Å². The van der Waals surface area contributed by atoms with Gasteiger partial charge in [0.05, 0.1) is 0 Å². The van der Waals surface area contributed by atoms with Gasteiger partial charge in [0.2, 0.25) is 0 Å². The molecule has 1 aromatic rings. The van der Waals surface area contributed by atoms with Crippen molar-refractivity contribution in [3.63, 3.8) is 0 Å². The predicted octanol–water partition coefficient (Wildman–Crippen LogP) is 3.57. The lowest BCUT2D eigenvalue weighted by atomic mass is 9.94. The van der Waals surface area contributed by atoms with Crippen molar-refractivity contribution in [2.75, 3.05) is 40.3 Å². The lowest BCUT2D eigenvalue weighted by Crippen LogP contribution is -2.38. The van der Waals surface area contributed by atoms with E-state index < -0.39 is 0 Å². The highest BCUT2D eigenvalue weighted by molar-refractivity contribution is 14.0. The molecular formula is C19H32FIN4. The summed E-state index contributed by atoms with van der Waals surface area (Å²) in [6.07, 6.45) is 3.71. The van der Waals surface area contributed by atoms with Crippen LogP contribution in [-0.2, 0) is 6.54 Å². The topological polar surface area (TPSA) is 30.9 Å². The summed E-state index contributed by atoms with van der Waals surface area (Å²) in [7, 11) is 4.20. The highest BCUT2D eigenvalue weighted by Crippen LogP contribution is 2.19. The van der Waals surface area contributed by atoms with Crippen molar-refractivity contribution in [2.45, 2.75) is 32.7 Å². The highest BCUT2D eigenvalue weighted by atomic mass is 127. The van der Waals surface area contributed by atoms with Crippen LogP contribution >= 0.6 is 24.0 Å². The molecule has 0 aliphatic carbocycles. The zero-order chi connectivity index (χ0) is 17.4. The molecule has 0 bridgehead atoms. The maximum atomic E-state index is 13.3. The molecule has 0 atom stereocenters. The maximum Gasteiger partial charge on any atom is 0.193 e. The number of aliphatic imine (C=N–C) groups is 1. The Bertz CT molecular complexity index is 530. The third-order valence-electron chi connectivity index (χ3n) is 4.64. The Kier molecular flexibility index (Phi) is 10.3. The van der Waals surface area contributed by atoms with Crippen LogP contribution < -0.4 is 5.32 Å². The second kappa shape index (κ2) is 11.7. The van der Waals surface area contributed by atoms with Gasteiger partial charge in [0.1, 0.15) is 5.82 Å². The van der Waals surface area contributed by atoms with E-state index in [4.69, 9.17) is 4.99 Å². The quantitative estimate of drug-likeness (QED) is 0.399. The summed E-state index contributed by atoms with van der Waals surface area (Å²) in [6, 6.07) is 6.76. The number of benzene rings is 1. The molecule has 0 saturated carbocycles. The van der Waals surface area contributed by atoms with Crippen molar-refractivity contribution >= 4 is 29.9 Å². The van der Waals surface area contributed by atoms with E-state index in [1.54, 1.807) is 12.1 Å². The largest absolute Gasteiger partial charge is 0.357 e. The first-order valence-corrected chi connectivity index (χ1v) is 9.01. The first-order valence-electron chi connectivity index (χ1n) is 9.01. The molecule has 0 radical (unpaired) electrons. The van der Waals surface area contributed by atoms with Crippen LogP contribution in [0.4, 0.5) is 4.39 Å². The molecule has 1 aliphatic heterocycles. The van der Waals surface area contributed by atoms with Gasteiger partial charge in [-0.1, -0.05) is 12.1 Å². The number of nitrogens with zero attached hydrogens (tertiary/aromatic N) is 3. The van der Waals surface area contributed by atoms with Crippen molar-refractivity contribution < 1.29 is 4.39 Å². The third kappa shape index (κ3) is 7.90. The Morgan fingerprint density at radius 3 is 2.72 bits per heavy atom. The summed E-state index contributed by atoms with van der Waals surface area (Å²) in [5.74, 6) is 1.50. The molecule has 1 fully saturated rings. The van der Waals surface area contributed by atoms with E-state index in [1.807, 2.05) is 13.1 Å². The Hall–Kier alpha value is -0.890. The number of halogens is 2. The number of likely N-dealkylation sites (tertiary alicyclic amines) is 1. The Labute approximate surface area is 168 Å². The number of hydrogen-bond acceptors (Lipinski definition) is 2. The molecule has 1 heterocycles. The fourth-order valence-electron chi connectivity index (χ4n) is 3.16. The molecular weight excluding hydrogens is 430 g/mol. The van der Waals surface area contributed by atoms with Gasteiger partial charge in [-0.25, -0.2) is 4.39 Å². The fraction of sp³-hybridized carbons (Fsp3) is 0.632. The average molecular weight is 462 g/mol. The Morgan fingerprint density at radius 2 is 2.08 bits per heavy atom. The van der Waals surface area contributed by atoms with Crippen LogP contribution in [0, 0.1) is 11.7 Å². The number of piperidine rings is 1. The molecule has 0 unspecified atom stereocenters. The average Bonchev–Trinajstić information content (AvgIpc) is 2.56. The summed E-state index contributed by atoms with van der Waals surface area (Å²) in [5, 5.41) is 3.34. The van der Waals surface area contributed by atoms with E-state index in [2.05, 4.69) is 29.1 Å². The molecule has 0 aromatic heterocycles. The standard InChI is InChI=1S/C19H31FN4.HI/c1-4-21-19(22-11-8-16-9-12-23(2)13-10-16)24(3)15-17-6-5-7-18(20)14-17;/h5-7,14,16H,4,8-13,15H2,1-3H3,(H,21,22);1H. The molecule has 142 valence electrons. The molecule has 0 spiro atoms. The molecule has 25 heavy (non-hydrogen) atoms. The van der Waals surface area contributed by atoms with Crippen LogP contribution in [0.5, 0.6) is 0 Å². The van der Waals surface area contributed by atoms with Crippen LogP contribution in [0.3, 0.4) is 0 Å². The number of nitrogens with one attached hydrogen (secondary N) is 1. The van der Waals surface area contributed by atoms with Gasteiger partial charge in [0.25, 0.3) is 0 Å². The normalized spacial score (nSPS) is 16.4. The monoisotopic (exact) mass is 462 g/mol. The van der Waals surface area contributed by atoms with Crippen molar-refractivity contribution in [1.29, 1.82) is 0 Å². The van der Waals surface area contributed by atoms with Crippen molar-refractivity contribution in [3.05, 3.63) is 35.6 Å². The zero-order valence-corrected chi connectivity index (χ0v) is 18.0. The van der Waals surface area contributed by atoms with Gasteiger partial charge in [0.15, 0.2) is 5.96 Å². The minimum absolute atomic E-state index is 0. The molecule has 6 heteroatoms. The van der Waals surface area contributed by atoms with Crippen molar-refractivity contribution in [2.24, 2.45) is 10.9 Å². The lowest BCUT2D eigenvalue weighted by Gasteiger charge is -2.28. The van der Waals surface area contributed by atoms with Crippen LogP contribution in [-0.4, -0.2) is 56.0 Å². The highest BCUT2D eigenvalue weighted by Gasteiger charge is 2.16. The molecule has 1 saturated heterocycles. The van der Waals surface area contributed by atoms with Gasteiger partial charge >= 0.3 is 0 Å². The first-order chi connectivity index (χ1) is 11.6. The number of hydrogen-bond donors (Lipinski definition) is 1. The second-order valence-electron chi connectivity index (χ2n) is 6.76. The fourth-order valence-corrected chi connectivity index (χ4v) is 3.16. The van der Waals surface area contributed by atoms with Crippen LogP contribution in [0.1, 0.15) is 31.7 Å². The van der Waals surface area contributed by atoms with E-state index in [0.29, 0.717) is 6.54 Å². The zero-order valence-electron chi connectivity index (χ0n) is 15.7. The second-order valence-corrected chi connectivity index (χ2v) is 6.76. The summed E-state index contributed by atoms with van der Waals surface area (Å²) in [6.45, 7) is 6.81. The van der Waals surface area contributed by atoms with Gasteiger partial charge in [0, 0.05) is 26.7 Å². The van der Waals surface area contributed by atoms with Gasteiger partial charge in [-0.3, -0.25) is 4.99 Å². The number of guanidine groups is 1. The van der Waals surface area contributed by atoms with E-state index in [-0.39, 0.29) is 29.8 Å². The van der Waals surface area contributed by atoms with E-state index in [0.717, 1.165) is 37.0 Å². The van der Waals surface area contributed by atoms with Gasteiger partial charge in [-0.15, -0.1) is 24.0 Å². The van der Waals surface area contributed by atoms with Gasteiger partial charge in [-0.2, -0.15) is 0 Å². The van der Waals surface area contributed by atoms with Crippen molar-refractivity contribution in [1.82, 2.24) is 15.1 Å². The molecule has 2 rings (SSSR count). The molecule has 1 N–H and O–H groups in total. The summed E-state index contributed by atoms with van der Waals surface area (Å²) >= 11 is 0. The van der Waals surface area contributed by atoms with Gasteiger partial charge in [-0.05, 0) is 69.9 Å². The van der Waals surface area contributed by atoms with E-state index >= 15 is 0 Å². The number of rotatable bonds is 6. The lowest BCUT2D eigenvalue weighted by molar-refractivity contribution is 0.214. The van der Waals surface area contributed by atoms with Crippen LogP contribution in [0.25, 0.3) is 0 Å². The summed E-state index contributed by atoms with van der Waals surface area (Å²) in [5.41, 5.74) is 0.957.